The molecule has 0 radical (unpaired) electrons. The number of hydrogen-bond acceptors (Lipinski definition) is 3. The fraction of sp³-hybridized carbons (Fsp3) is 0.250. The van der Waals surface area contributed by atoms with Gasteiger partial charge in [-0.1, -0.05) is 36.4 Å². The number of hydrogen-bond donors (Lipinski definition) is 1. The van der Waals surface area contributed by atoms with Crippen LogP contribution in [0.4, 0.5) is 0 Å². The molecule has 2 aromatic carbocycles. The molecular weight excluding hydrogens is 440 g/mol. The van der Waals surface area contributed by atoms with Crippen LogP contribution >= 0.6 is 0 Å². The molecule has 7 nitrogen and oxygen atoms in total. The van der Waals surface area contributed by atoms with Crippen LogP contribution in [-0.4, -0.2) is 45.3 Å². The molecule has 0 aliphatic carbocycles. The number of carbonyl (C=O) groups excluding carboxylic acids is 3. The highest BCUT2D eigenvalue weighted by Crippen LogP contribution is 2.44. The normalized spacial score (nSPS) is 21.7. The summed E-state index contributed by atoms with van der Waals surface area (Å²) in [7, 11) is 1.95. The Morgan fingerprint density at radius 1 is 0.857 bits per heavy atom. The number of likely N-dealkylation sites (tertiary alicyclic amines) is 1. The van der Waals surface area contributed by atoms with Gasteiger partial charge in [0.15, 0.2) is 0 Å². The second-order valence-corrected chi connectivity index (χ2v) is 9.94. The molecule has 3 aliphatic heterocycles. The number of aryl methyl sites for hydroxylation is 1. The molecular formula is C28H24N4O3. The number of aromatic nitrogens is 2. The Labute approximate surface area is 201 Å². The predicted octanol–water partition coefficient (Wildman–Crippen LogP) is 2.96. The first-order chi connectivity index (χ1) is 17.0. The van der Waals surface area contributed by atoms with Gasteiger partial charge in [-0.2, -0.15) is 0 Å². The molecule has 35 heavy (non-hydrogen) atoms. The lowest BCUT2D eigenvalue weighted by atomic mass is 9.85. The molecule has 1 saturated heterocycles. The molecule has 0 spiro atoms. The van der Waals surface area contributed by atoms with Gasteiger partial charge in [0.05, 0.1) is 11.1 Å². The third-order valence-corrected chi connectivity index (χ3v) is 8.05. The second-order valence-electron chi connectivity index (χ2n) is 9.94. The number of nitrogens with zero attached hydrogens (tertiary/aromatic N) is 3. The van der Waals surface area contributed by atoms with Gasteiger partial charge in [0.25, 0.3) is 11.8 Å². The number of nitrogens with one attached hydrogen (secondary N) is 1. The van der Waals surface area contributed by atoms with Crippen molar-refractivity contribution < 1.29 is 14.4 Å². The largest absolute Gasteiger partial charge is 0.350 e. The maximum atomic E-state index is 13.4. The summed E-state index contributed by atoms with van der Waals surface area (Å²) in [6.07, 6.45) is 3.65. The molecule has 5 heterocycles. The third kappa shape index (κ3) is 2.75. The molecule has 3 aliphatic rings. The molecule has 2 atom stereocenters. The van der Waals surface area contributed by atoms with E-state index in [2.05, 4.69) is 16.0 Å². The van der Waals surface area contributed by atoms with Gasteiger partial charge >= 0.3 is 0 Å². The minimum Gasteiger partial charge on any atom is -0.350 e. The zero-order valence-electron chi connectivity index (χ0n) is 19.3. The van der Waals surface area contributed by atoms with E-state index in [1.165, 1.54) is 0 Å². The monoisotopic (exact) mass is 464 g/mol. The number of carbonyl (C=O) groups is 3. The molecule has 0 bridgehead atoms. The summed E-state index contributed by atoms with van der Waals surface area (Å²) in [5.41, 5.74) is 5.68. The molecule has 7 heteroatoms. The van der Waals surface area contributed by atoms with Crippen molar-refractivity contribution in [2.75, 3.05) is 13.1 Å². The van der Waals surface area contributed by atoms with Crippen molar-refractivity contribution in [3.63, 3.8) is 0 Å². The van der Waals surface area contributed by atoms with Crippen molar-refractivity contribution in [3.8, 4) is 0 Å². The lowest BCUT2D eigenvalue weighted by Crippen LogP contribution is -2.28. The summed E-state index contributed by atoms with van der Waals surface area (Å²) in [4.78, 5) is 40.0. The van der Waals surface area contributed by atoms with Crippen molar-refractivity contribution in [2.45, 2.75) is 13.0 Å². The van der Waals surface area contributed by atoms with Gasteiger partial charge in [-0.25, -0.2) is 0 Å². The number of imide groups is 1. The topological polar surface area (TPSA) is 76.3 Å². The fourth-order valence-corrected chi connectivity index (χ4v) is 6.53. The highest BCUT2D eigenvalue weighted by molar-refractivity contribution is 6.51. The highest BCUT2D eigenvalue weighted by atomic mass is 16.2. The number of rotatable bonds is 3. The van der Waals surface area contributed by atoms with Crippen LogP contribution in [0.15, 0.2) is 54.7 Å². The van der Waals surface area contributed by atoms with Crippen molar-refractivity contribution in [1.29, 1.82) is 0 Å². The van der Waals surface area contributed by atoms with Gasteiger partial charge in [-0.05, 0) is 30.4 Å². The van der Waals surface area contributed by atoms with Crippen LogP contribution in [0.3, 0.4) is 0 Å². The van der Waals surface area contributed by atoms with Gasteiger partial charge in [0.2, 0.25) is 6.41 Å². The van der Waals surface area contributed by atoms with Crippen LogP contribution in [0.1, 0.15) is 16.8 Å². The van der Waals surface area contributed by atoms with Crippen LogP contribution in [0.25, 0.3) is 33.0 Å². The van der Waals surface area contributed by atoms with Gasteiger partial charge in [-0.3, -0.25) is 19.7 Å². The number of amides is 3. The first kappa shape index (κ1) is 20.3. The number of fused-ring (bicyclic) bond motifs is 5. The van der Waals surface area contributed by atoms with Crippen molar-refractivity contribution in [2.24, 2.45) is 18.9 Å². The Morgan fingerprint density at radius 2 is 1.54 bits per heavy atom. The second kappa shape index (κ2) is 7.18. The molecule has 4 aromatic rings. The van der Waals surface area contributed by atoms with Crippen molar-refractivity contribution in [3.05, 3.63) is 71.5 Å². The van der Waals surface area contributed by atoms with E-state index in [9.17, 15) is 14.4 Å². The summed E-state index contributed by atoms with van der Waals surface area (Å²) in [6, 6.07) is 16.1. The molecule has 0 unspecified atom stereocenters. The molecule has 174 valence electrons. The van der Waals surface area contributed by atoms with Crippen LogP contribution in [0.2, 0.25) is 0 Å². The Hall–Kier alpha value is -4.13. The van der Waals surface area contributed by atoms with Crippen molar-refractivity contribution >= 4 is 51.2 Å². The van der Waals surface area contributed by atoms with Crippen LogP contribution in [0.5, 0.6) is 0 Å². The average Bonchev–Trinajstić information content (AvgIpc) is 3.58. The lowest BCUT2D eigenvalue weighted by Gasteiger charge is -2.28. The van der Waals surface area contributed by atoms with E-state index in [1.54, 1.807) is 0 Å². The molecule has 3 amide bonds. The van der Waals surface area contributed by atoms with Crippen LogP contribution < -0.4 is 5.32 Å². The Kier molecular flexibility index (Phi) is 4.16. The standard InChI is InChI=1S/C28H24N4O3/c1-30-14-20(18-6-2-4-8-21(18)30)25-26(28(35)29-27(25)34)24-19-7-3-5-9-22(19)32-13-17-12-31(15-33)11-16(17)10-23(24)32/h2-9,14-17H,10-13H2,1H3,(H,29,34,35)/t16-,17+/m1/s1. The maximum absolute atomic E-state index is 13.4. The van der Waals surface area contributed by atoms with Gasteiger partial charge in [0, 0.05) is 71.5 Å². The van der Waals surface area contributed by atoms with Gasteiger partial charge < -0.3 is 14.0 Å². The van der Waals surface area contributed by atoms with E-state index < -0.39 is 0 Å². The molecule has 1 fully saturated rings. The number of para-hydroxylation sites is 2. The Bertz CT molecular complexity index is 1620. The molecule has 0 saturated carbocycles. The minimum absolute atomic E-state index is 0.345. The first-order valence-electron chi connectivity index (χ1n) is 12.0. The third-order valence-electron chi connectivity index (χ3n) is 8.05. The quantitative estimate of drug-likeness (QED) is 0.374. The SMILES string of the molecule is Cn1cc(C2=C(c3c4n(c5ccccc35)C[C@@H]3CN(C=O)C[C@H]3C4)C(=O)NC2=O)c2ccccc21. The number of benzene rings is 2. The molecule has 2 aromatic heterocycles. The molecule has 1 N–H and O–H groups in total. The average molecular weight is 465 g/mol. The van der Waals surface area contributed by atoms with E-state index in [0.717, 1.165) is 71.1 Å². The van der Waals surface area contributed by atoms with E-state index in [4.69, 9.17) is 0 Å². The molecule has 7 rings (SSSR count). The van der Waals surface area contributed by atoms with E-state index in [1.807, 2.05) is 65.2 Å². The van der Waals surface area contributed by atoms with Crippen molar-refractivity contribution in [1.82, 2.24) is 19.4 Å². The Morgan fingerprint density at radius 3 is 2.34 bits per heavy atom. The van der Waals surface area contributed by atoms with Gasteiger partial charge in [0.1, 0.15) is 0 Å². The maximum Gasteiger partial charge on any atom is 0.259 e. The van der Waals surface area contributed by atoms with Gasteiger partial charge in [-0.15, -0.1) is 0 Å². The van der Waals surface area contributed by atoms with E-state index in [-0.39, 0.29) is 11.8 Å². The summed E-state index contributed by atoms with van der Waals surface area (Å²) in [5, 5.41) is 4.53. The highest BCUT2D eigenvalue weighted by Gasteiger charge is 2.42. The smallest absolute Gasteiger partial charge is 0.259 e. The predicted molar refractivity (Wildman–Crippen MR) is 133 cm³/mol. The fourth-order valence-electron chi connectivity index (χ4n) is 6.53. The van der Waals surface area contributed by atoms with Crippen LogP contribution in [-0.2, 0) is 34.4 Å². The first-order valence-corrected chi connectivity index (χ1v) is 12.0. The lowest BCUT2D eigenvalue weighted by molar-refractivity contribution is -0.123. The summed E-state index contributed by atoms with van der Waals surface area (Å²) < 4.78 is 4.31. The minimum atomic E-state index is -0.355. The zero-order chi connectivity index (χ0) is 23.8. The summed E-state index contributed by atoms with van der Waals surface area (Å²) >= 11 is 0. The Balaban J connectivity index is 1.51. The van der Waals surface area contributed by atoms with Crippen LogP contribution in [0, 0.1) is 11.8 Å². The van der Waals surface area contributed by atoms with E-state index >= 15 is 0 Å². The van der Waals surface area contributed by atoms with E-state index in [0.29, 0.717) is 23.0 Å². The summed E-state index contributed by atoms with van der Waals surface area (Å²) in [5.74, 6) is 0.0339. The zero-order valence-corrected chi connectivity index (χ0v) is 19.3. The summed E-state index contributed by atoms with van der Waals surface area (Å²) in [6.45, 7) is 2.30.